The normalized spacial score (nSPS) is 11.2. The molecule has 0 saturated carbocycles. The molecule has 104 valence electrons. The Labute approximate surface area is 121 Å². The van der Waals surface area contributed by atoms with E-state index in [0.29, 0.717) is 5.82 Å². The van der Waals surface area contributed by atoms with Crippen molar-refractivity contribution in [1.82, 2.24) is 14.3 Å². The summed E-state index contributed by atoms with van der Waals surface area (Å²) in [6.07, 6.45) is 0. The molecule has 2 heterocycles. The molecular formula is C12H19N5S2. The lowest BCUT2D eigenvalue weighted by molar-refractivity contribution is 0.417. The maximum absolute atomic E-state index is 6.00. The summed E-state index contributed by atoms with van der Waals surface area (Å²) in [6.45, 7) is 3.92. The minimum atomic E-state index is 0.571. The first-order valence-corrected chi connectivity index (χ1v) is 7.68. The van der Waals surface area contributed by atoms with Gasteiger partial charge in [0.15, 0.2) is 0 Å². The zero-order valence-electron chi connectivity index (χ0n) is 11.7. The Kier molecular flexibility index (Phi) is 4.38. The van der Waals surface area contributed by atoms with Crippen molar-refractivity contribution in [2.45, 2.75) is 6.92 Å². The number of thiazole rings is 1. The van der Waals surface area contributed by atoms with Crippen molar-refractivity contribution in [3.8, 4) is 11.3 Å². The molecule has 0 radical (unpaired) electrons. The molecule has 2 rings (SSSR count). The quantitative estimate of drug-likeness (QED) is 0.916. The Hall–Kier alpha value is -1.18. The standard InChI is InChI=1S/C12H19N5S2/c1-8-14-9(7-18-8)10-11(13)15-19-12(10)17(4)6-5-16(2)3/h7H,5-6H2,1-4H3,(H2,13,15). The summed E-state index contributed by atoms with van der Waals surface area (Å²) in [4.78, 5) is 8.87. The molecule has 19 heavy (non-hydrogen) atoms. The largest absolute Gasteiger partial charge is 0.382 e. The maximum atomic E-state index is 6.00. The summed E-state index contributed by atoms with van der Waals surface area (Å²) in [5.74, 6) is 0.571. The molecule has 0 spiro atoms. The van der Waals surface area contributed by atoms with Crippen molar-refractivity contribution in [2.24, 2.45) is 0 Å². The molecule has 2 aromatic heterocycles. The number of rotatable bonds is 5. The predicted molar refractivity (Wildman–Crippen MR) is 84.2 cm³/mol. The highest BCUT2D eigenvalue weighted by Crippen LogP contribution is 2.38. The topological polar surface area (TPSA) is 58.3 Å². The van der Waals surface area contributed by atoms with E-state index in [2.05, 4.69) is 40.3 Å². The van der Waals surface area contributed by atoms with Crippen LogP contribution in [-0.2, 0) is 0 Å². The number of anilines is 2. The number of likely N-dealkylation sites (N-methyl/N-ethyl adjacent to an activating group) is 2. The molecule has 0 aromatic carbocycles. The molecule has 0 atom stereocenters. The monoisotopic (exact) mass is 297 g/mol. The first kappa shape index (κ1) is 14.2. The van der Waals surface area contributed by atoms with Gasteiger partial charge in [0.05, 0.1) is 16.3 Å². The number of hydrogen-bond donors (Lipinski definition) is 1. The van der Waals surface area contributed by atoms with Crippen molar-refractivity contribution < 1.29 is 0 Å². The Morgan fingerprint density at radius 1 is 1.26 bits per heavy atom. The third-order valence-corrected chi connectivity index (χ3v) is 4.56. The third kappa shape index (κ3) is 3.23. The lowest BCUT2D eigenvalue weighted by Gasteiger charge is -2.20. The van der Waals surface area contributed by atoms with Gasteiger partial charge < -0.3 is 15.5 Å². The van der Waals surface area contributed by atoms with E-state index in [-0.39, 0.29) is 0 Å². The number of aromatic nitrogens is 2. The molecule has 0 aliphatic heterocycles. The van der Waals surface area contributed by atoms with E-state index >= 15 is 0 Å². The van der Waals surface area contributed by atoms with Gasteiger partial charge in [-0.3, -0.25) is 0 Å². The highest BCUT2D eigenvalue weighted by atomic mass is 32.1. The van der Waals surface area contributed by atoms with Crippen LogP contribution in [0.15, 0.2) is 5.38 Å². The Bertz CT molecular complexity index is 546. The second kappa shape index (κ2) is 5.85. The molecule has 0 aliphatic carbocycles. The van der Waals surface area contributed by atoms with Crippen LogP contribution in [-0.4, -0.2) is 48.5 Å². The molecule has 2 aromatic rings. The van der Waals surface area contributed by atoms with Crippen LogP contribution in [0, 0.1) is 6.92 Å². The Balaban J connectivity index is 2.27. The van der Waals surface area contributed by atoms with E-state index in [9.17, 15) is 0 Å². The van der Waals surface area contributed by atoms with E-state index in [1.54, 1.807) is 11.3 Å². The van der Waals surface area contributed by atoms with Gasteiger partial charge in [-0.1, -0.05) is 0 Å². The zero-order valence-corrected chi connectivity index (χ0v) is 13.3. The first-order chi connectivity index (χ1) is 8.99. The van der Waals surface area contributed by atoms with Crippen molar-refractivity contribution in [2.75, 3.05) is 44.9 Å². The van der Waals surface area contributed by atoms with Crippen LogP contribution in [0.25, 0.3) is 11.3 Å². The minimum absolute atomic E-state index is 0.571. The summed E-state index contributed by atoms with van der Waals surface area (Å²) < 4.78 is 4.28. The highest BCUT2D eigenvalue weighted by Gasteiger charge is 2.19. The van der Waals surface area contributed by atoms with E-state index < -0.39 is 0 Å². The lowest BCUT2D eigenvalue weighted by Crippen LogP contribution is -2.28. The fraction of sp³-hybridized carbons (Fsp3) is 0.500. The number of nitrogens with zero attached hydrogens (tertiary/aromatic N) is 4. The Morgan fingerprint density at radius 2 is 2.00 bits per heavy atom. The highest BCUT2D eigenvalue weighted by molar-refractivity contribution is 7.11. The number of nitrogens with two attached hydrogens (primary N) is 1. The molecule has 0 unspecified atom stereocenters. The van der Waals surface area contributed by atoms with Crippen molar-refractivity contribution in [3.05, 3.63) is 10.4 Å². The van der Waals surface area contributed by atoms with Gasteiger partial charge in [0.1, 0.15) is 10.8 Å². The van der Waals surface area contributed by atoms with Crippen LogP contribution in [0.5, 0.6) is 0 Å². The van der Waals surface area contributed by atoms with Crippen LogP contribution < -0.4 is 10.6 Å². The molecule has 0 fully saturated rings. The van der Waals surface area contributed by atoms with Crippen LogP contribution >= 0.6 is 22.9 Å². The average molecular weight is 297 g/mol. The van der Waals surface area contributed by atoms with Crippen molar-refractivity contribution in [3.63, 3.8) is 0 Å². The second-order valence-corrected chi connectivity index (χ2v) is 6.54. The molecule has 5 nitrogen and oxygen atoms in total. The van der Waals surface area contributed by atoms with Gasteiger partial charge in [-0.2, -0.15) is 4.37 Å². The fourth-order valence-electron chi connectivity index (χ4n) is 1.72. The van der Waals surface area contributed by atoms with Crippen LogP contribution in [0.4, 0.5) is 10.8 Å². The molecular weight excluding hydrogens is 278 g/mol. The second-order valence-electron chi connectivity index (χ2n) is 4.72. The van der Waals surface area contributed by atoms with Crippen LogP contribution in [0.3, 0.4) is 0 Å². The van der Waals surface area contributed by atoms with Gasteiger partial charge in [-0.05, 0) is 32.6 Å². The van der Waals surface area contributed by atoms with E-state index in [1.165, 1.54) is 11.5 Å². The summed E-state index contributed by atoms with van der Waals surface area (Å²) in [5, 5.41) is 4.17. The number of nitrogen functional groups attached to an aromatic ring is 1. The van der Waals surface area contributed by atoms with E-state index in [1.807, 2.05) is 12.3 Å². The molecule has 7 heteroatoms. The summed E-state index contributed by atoms with van der Waals surface area (Å²) >= 11 is 3.07. The summed E-state index contributed by atoms with van der Waals surface area (Å²) in [7, 11) is 6.21. The van der Waals surface area contributed by atoms with Gasteiger partial charge in [0.2, 0.25) is 0 Å². The predicted octanol–water partition coefficient (Wildman–Crippen LogP) is 2.16. The van der Waals surface area contributed by atoms with Gasteiger partial charge >= 0.3 is 0 Å². The van der Waals surface area contributed by atoms with Gasteiger partial charge in [-0.15, -0.1) is 11.3 Å². The van der Waals surface area contributed by atoms with Gasteiger partial charge in [0, 0.05) is 25.5 Å². The number of aryl methyl sites for hydroxylation is 1. The molecule has 0 aliphatic rings. The average Bonchev–Trinajstić information content (AvgIpc) is 2.92. The lowest BCUT2D eigenvalue weighted by atomic mass is 10.2. The number of hydrogen-bond acceptors (Lipinski definition) is 7. The maximum Gasteiger partial charge on any atom is 0.148 e. The molecule has 0 saturated heterocycles. The van der Waals surface area contributed by atoms with Crippen molar-refractivity contribution >= 4 is 33.7 Å². The summed E-state index contributed by atoms with van der Waals surface area (Å²) in [5.41, 5.74) is 7.90. The van der Waals surface area contributed by atoms with Crippen LogP contribution in [0.1, 0.15) is 5.01 Å². The van der Waals surface area contributed by atoms with Crippen molar-refractivity contribution in [1.29, 1.82) is 0 Å². The van der Waals surface area contributed by atoms with E-state index in [4.69, 9.17) is 5.73 Å². The van der Waals surface area contributed by atoms with Crippen LogP contribution in [0.2, 0.25) is 0 Å². The summed E-state index contributed by atoms with van der Waals surface area (Å²) in [6, 6.07) is 0. The molecule has 0 bridgehead atoms. The fourth-order valence-corrected chi connectivity index (χ4v) is 3.14. The van der Waals surface area contributed by atoms with Gasteiger partial charge in [0.25, 0.3) is 0 Å². The minimum Gasteiger partial charge on any atom is -0.382 e. The SMILES string of the molecule is Cc1nc(-c2c(N)nsc2N(C)CCN(C)C)cs1. The smallest absolute Gasteiger partial charge is 0.148 e. The molecule has 0 amide bonds. The van der Waals surface area contributed by atoms with Gasteiger partial charge in [-0.25, -0.2) is 4.98 Å². The van der Waals surface area contributed by atoms with E-state index in [0.717, 1.165) is 34.4 Å². The first-order valence-electron chi connectivity index (χ1n) is 6.02. The molecule has 2 N–H and O–H groups in total. The third-order valence-electron chi connectivity index (χ3n) is 2.80. The zero-order chi connectivity index (χ0) is 14.0. The Morgan fingerprint density at radius 3 is 2.58 bits per heavy atom.